The molecular formula is C19H22FNO4. The quantitative estimate of drug-likeness (QED) is 0.588. The first-order chi connectivity index (χ1) is 11.8. The number of esters is 1. The Bertz CT molecular complexity index is 808. The Kier molecular flexibility index (Phi) is 5.62. The van der Waals surface area contributed by atoms with E-state index in [0.717, 1.165) is 17.5 Å². The molecular weight excluding hydrogens is 325 g/mol. The smallest absolute Gasteiger partial charge is 0.338 e. The van der Waals surface area contributed by atoms with Crippen LogP contribution in [0.5, 0.6) is 5.75 Å². The lowest BCUT2D eigenvalue weighted by Crippen LogP contribution is -2.15. The van der Waals surface area contributed by atoms with E-state index in [2.05, 4.69) is 0 Å². The fourth-order valence-electron chi connectivity index (χ4n) is 2.94. The van der Waals surface area contributed by atoms with Crippen molar-refractivity contribution in [3.8, 4) is 5.75 Å². The molecule has 0 atom stereocenters. The standard InChI is InChI=1S/C19H22FNO4/c1-11(2)21-12(3)8-15(13(21)4)17(22)10-25-19(23)14-6-7-18(24-5)16(20)9-14/h6-9,11H,10H2,1-5H3. The number of hydrogen-bond donors (Lipinski definition) is 0. The number of nitrogens with zero attached hydrogens (tertiary/aromatic N) is 1. The van der Waals surface area contributed by atoms with E-state index in [9.17, 15) is 14.0 Å². The summed E-state index contributed by atoms with van der Waals surface area (Å²) in [6.07, 6.45) is 0. The molecule has 2 rings (SSSR count). The van der Waals surface area contributed by atoms with Crippen LogP contribution in [0.4, 0.5) is 4.39 Å². The lowest BCUT2D eigenvalue weighted by Gasteiger charge is -2.13. The molecule has 5 nitrogen and oxygen atoms in total. The van der Waals surface area contributed by atoms with Crippen molar-refractivity contribution in [2.75, 3.05) is 13.7 Å². The van der Waals surface area contributed by atoms with Crippen LogP contribution in [0.2, 0.25) is 0 Å². The zero-order chi connectivity index (χ0) is 18.7. The maximum absolute atomic E-state index is 13.6. The zero-order valence-electron chi connectivity index (χ0n) is 15.1. The van der Waals surface area contributed by atoms with Gasteiger partial charge in [-0.2, -0.15) is 0 Å². The van der Waals surface area contributed by atoms with Gasteiger partial charge in [0.25, 0.3) is 0 Å². The van der Waals surface area contributed by atoms with Gasteiger partial charge in [0.2, 0.25) is 5.78 Å². The third-order valence-electron chi connectivity index (χ3n) is 4.02. The lowest BCUT2D eigenvalue weighted by atomic mass is 10.1. The first-order valence-electron chi connectivity index (χ1n) is 7.98. The molecule has 1 heterocycles. The van der Waals surface area contributed by atoms with E-state index in [1.807, 2.05) is 32.3 Å². The number of carbonyl (C=O) groups is 2. The van der Waals surface area contributed by atoms with E-state index >= 15 is 0 Å². The number of aromatic nitrogens is 1. The molecule has 0 fully saturated rings. The molecule has 2 aromatic rings. The number of halogens is 1. The molecule has 0 unspecified atom stereocenters. The molecule has 25 heavy (non-hydrogen) atoms. The topological polar surface area (TPSA) is 57.5 Å². The summed E-state index contributed by atoms with van der Waals surface area (Å²) < 4.78 is 25.5. The third-order valence-corrected chi connectivity index (χ3v) is 4.02. The number of methoxy groups -OCH3 is 1. The van der Waals surface area contributed by atoms with Gasteiger partial charge < -0.3 is 14.0 Å². The van der Waals surface area contributed by atoms with Gasteiger partial charge in [-0.05, 0) is 52.0 Å². The van der Waals surface area contributed by atoms with Crippen LogP contribution in [0.15, 0.2) is 24.3 Å². The van der Waals surface area contributed by atoms with E-state index in [1.165, 1.54) is 19.2 Å². The molecule has 0 aliphatic carbocycles. The van der Waals surface area contributed by atoms with Gasteiger partial charge in [0, 0.05) is 23.0 Å². The Morgan fingerprint density at radius 1 is 1.20 bits per heavy atom. The summed E-state index contributed by atoms with van der Waals surface area (Å²) in [5, 5.41) is 0. The highest BCUT2D eigenvalue weighted by molar-refractivity contribution is 6.00. The Labute approximate surface area is 146 Å². The molecule has 0 saturated carbocycles. The summed E-state index contributed by atoms with van der Waals surface area (Å²) in [7, 11) is 1.34. The van der Waals surface area contributed by atoms with E-state index in [0.29, 0.717) is 5.56 Å². The van der Waals surface area contributed by atoms with Crippen molar-refractivity contribution in [3.63, 3.8) is 0 Å². The number of ketones is 1. The van der Waals surface area contributed by atoms with Crippen molar-refractivity contribution in [2.45, 2.75) is 33.7 Å². The van der Waals surface area contributed by atoms with Crippen molar-refractivity contribution in [1.82, 2.24) is 4.57 Å². The van der Waals surface area contributed by atoms with Gasteiger partial charge in [0.1, 0.15) is 0 Å². The van der Waals surface area contributed by atoms with Crippen LogP contribution in [0.1, 0.15) is 52.0 Å². The Morgan fingerprint density at radius 2 is 1.88 bits per heavy atom. The molecule has 134 valence electrons. The molecule has 0 aliphatic rings. The molecule has 0 aliphatic heterocycles. The second-order valence-electron chi connectivity index (χ2n) is 6.10. The summed E-state index contributed by atoms with van der Waals surface area (Å²) in [6.45, 7) is 7.46. The average Bonchev–Trinajstić information content (AvgIpc) is 2.86. The van der Waals surface area contributed by atoms with E-state index in [4.69, 9.17) is 9.47 Å². The number of Topliss-reactive ketones (excluding diaryl/α,β-unsaturated/α-hetero) is 1. The van der Waals surface area contributed by atoms with E-state index < -0.39 is 18.4 Å². The summed E-state index contributed by atoms with van der Waals surface area (Å²) in [5.41, 5.74) is 2.36. The van der Waals surface area contributed by atoms with Crippen LogP contribution in [-0.2, 0) is 4.74 Å². The molecule has 0 amide bonds. The Morgan fingerprint density at radius 3 is 2.40 bits per heavy atom. The highest BCUT2D eigenvalue weighted by Gasteiger charge is 2.19. The Balaban J connectivity index is 2.08. The van der Waals surface area contributed by atoms with Crippen molar-refractivity contribution in [1.29, 1.82) is 0 Å². The monoisotopic (exact) mass is 347 g/mol. The van der Waals surface area contributed by atoms with Crippen molar-refractivity contribution >= 4 is 11.8 Å². The first kappa shape index (κ1) is 18.7. The number of ether oxygens (including phenoxy) is 2. The molecule has 0 radical (unpaired) electrons. The zero-order valence-corrected chi connectivity index (χ0v) is 15.1. The van der Waals surface area contributed by atoms with Crippen LogP contribution in [-0.4, -0.2) is 30.0 Å². The van der Waals surface area contributed by atoms with Gasteiger partial charge in [-0.3, -0.25) is 4.79 Å². The summed E-state index contributed by atoms with van der Waals surface area (Å²) in [4.78, 5) is 24.4. The minimum Gasteiger partial charge on any atom is -0.494 e. The minimum absolute atomic E-state index is 0.0266. The van der Waals surface area contributed by atoms with Crippen LogP contribution >= 0.6 is 0 Å². The molecule has 0 bridgehead atoms. The summed E-state index contributed by atoms with van der Waals surface area (Å²) in [6, 6.07) is 5.77. The predicted octanol–water partition coefficient (Wildman–Crippen LogP) is 3.87. The fraction of sp³-hybridized carbons (Fsp3) is 0.368. The third kappa shape index (κ3) is 3.90. The molecule has 0 N–H and O–H groups in total. The number of benzene rings is 1. The number of rotatable bonds is 6. The van der Waals surface area contributed by atoms with Crippen molar-refractivity contribution < 1.29 is 23.5 Å². The lowest BCUT2D eigenvalue weighted by molar-refractivity contribution is 0.0474. The molecule has 0 saturated heterocycles. The van der Waals surface area contributed by atoms with Gasteiger partial charge >= 0.3 is 5.97 Å². The summed E-state index contributed by atoms with van der Waals surface area (Å²) >= 11 is 0. The van der Waals surface area contributed by atoms with Crippen LogP contribution in [0, 0.1) is 19.7 Å². The van der Waals surface area contributed by atoms with Gasteiger partial charge in [0.05, 0.1) is 12.7 Å². The minimum atomic E-state index is -0.757. The molecule has 0 spiro atoms. The second kappa shape index (κ2) is 7.51. The van der Waals surface area contributed by atoms with Crippen molar-refractivity contribution in [3.05, 3.63) is 52.6 Å². The van der Waals surface area contributed by atoms with Crippen molar-refractivity contribution in [2.24, 2.45) is 0 Å². The molecule has 1 aromatic carbocycles. The van der Waals surface area contributed by atoms with Crippen LogP contribution in [0.3, 0.4) is 0 Å². The largest absolute Gasteiger partial charge is 0.494 e. The average molecular weight is 347 g/mol. The van der Waals surface area contributed by atoms with Gasteiger partial charge in [-0.1, -0.05) is 0 Å². The number of carbonyl (C=O) groups excluding carboxylic acids is 2. The van der Waals surface area contributed by atoms with E-state index in [-0.39, 0.29) is 23.1 Å². The maximum Gasteiger partial charge on any atom is 0.338 e. The summed E-state index contributed by atoms with van der Waals surface area (Å²) in [5.74, 6) is -1.67. The second-order valence-corrected chi connectivity index (χ2v) is 6.10. The highest BCUT2D eigenvalue weighted by Crippen LogP contribution is 2.21. The van der Waals surface area contributed by atoms with Gasteiger partial charge in [-0.25, -0.2) is 9.18 Å². The first-order valence-corrected chi connectivity index (χ1v) is 7.98. The maximum atomic E-state index is 13.6. The Hall–Kier alpha value is -2.63. The fourth-order valence-corrected chi connectivity index (χ4v) is 2.94. The van der Waals surface area contributed by atoms with Crippen LogP contribution in [0.25, 0.3) is 0 Å². The predicted molar refractivity (Wildman–Crippen MR) is 91.9 cm³/mol. The molecule has 6 heteroatoms. The highest BCUT2D eigenvalue weighted by atomic mass is 19.1. The molecule has 1 aromatic heterocycles. The number of hydrogen-bond acceptors (Lipinski definition) is 4. The van der Waals surface area contributed by atoms with Crippen LogP contribution < -0.4 is 4.74 Å². The number of aryl methyl sites for hydroxylation is 1. The van der Waals surface area contributed by atoms with E-state index in [1.54, 1.807) is 6.07 Å². The van der Waals surface area contributed by atoms with Gasteiger partial charge in [-0.15, -0.1) is 0 Å². The normalized spacial score (nSPS) is 10.8. The van der Waals surface area contributed by atoms with Gasteiger partial charge in [0.15, 0.2) is 18.2 Å². The SMILES string of the molecule is COc1ccc(C(=O)OCC(=O)c2cc(C)n(C(C)C)c2C)cc1F.